The van der Waals surface area contributed by atoms with E-state index in [1.54, 1.807) is 0 Å². The molecule has 0 spiro atoms. The lowest BCUT2D eigenvalue weighted by molar-refractivity contribution is 0.153. The summed E-state index contributed by atoms with van der Waals surface area (Å²) >= 11 is 1.83. The van der Waals surface area contributed by atoms with Crippen LogP contribution in [-0.2, 0) is 0 Å². The van der Waals surface area contributed by atoms with Crippen LogP contribution in [0.5, 0.6) is 0 Å². The lowest BCUT2D eigenvalue weighted by Gasteiger charge is -2.39. The number of fused-ring (bicyclic) bond motifs is 9. The molecule has 2 atom stereocenters. The Morgan fingerprint density at radius 2 is 1.27 bits per heavy atom. The van der Waals surface area contributed by atoms with Crippen LogP contribution in [0.1, 0.15) is 29.0 Å². The van der Waals surface area contributed by atoms with E-state index in [1.807, 2.05) is 29.5 Å². The average Bonchev–Trinajstić information content (AvgIpc) is 3.89. The number of nitrogens with one attached hydrogen (secondary N) is 1. The third-order valence-corrected chi connectivity index (χ3v) is 11.7. The molecule has 1 N–H and O–H groups in total. The van der Waals surface area contributed by atoms with Crippen molar-refractivity contribution in [1.82, 2.24) is 10.2 Å². The number of hydrogen-bond donors (Lipinski definition) is 1. The van der Waals surface area contributed by atoms with Crippen molar-refractivity contribution in [3.8, 4) is 11.1 Å². The Labute approximate surface area is 303 Å². The van der Waals surface area contributed by atoms with Gasteiger partial charge >= 0.3 is 0 Å². The summed E-state index contributed by atoms with van der Waals surface area (Å²) in [5.41, 5.74) is 8.96. The second-order valence-corrected chi connectivity index (χ2v) is 14.6. The van der Waals surface area contributed by atoms with Crippen LogP contribution in [0.2, 0.25) is 0 Å². The fraction of sp³-hybridized carbons (Fsp3) is 0.0652. The summed E-state index contributed by atoms with van der Waals surface area (Å²) < 4.78 is 15.7. The monoisotopic (exact) mass is 689 g/mol. The first-order chi connectivity index (χ1) is 25.7. The zero-order valence-electron chi connectivity index (χ0n) is 28.2. The molecule has 5 nitrogen and oxygen atoms in total. The van der Waals surface area contributed by atoms with E-state index in [9.17, 15) is 0 Å². The Morgan fingerprint density at radius 1 is 0.577 bits per heavy atom. The van der Waals surface area contributed by atoms with E-state index in [0.717, 1.165) is 77.5 Å². The maximum Gasteiger partial charge on any atom is 0.143 e. The Morgan fingerprint density at radius 3 is 2.17 bits per heavy atom. The van der Waals surface area contributed by atoms with Gasteiger partial charge < -0.3 is 14.2 Å². The lowest BCUT2D eigenvalue weighted by atomic mass is 9.96. The molecule has 2 unspecified atom stereocenters. The molecule has 248 valence electrons. The van der Waals surface area contributed by atoms with Crippen LogP contribution in [0.15, 0.2) is 165 Å². The highest BCUT2D eigenvalue weighted by molar-refractivity contribution is 7.25. The molecule has 0 saturated carbocycles. The summed E-state index contributed by atoms with van der Waals surface area (Å²) in [5.74, 6) is 0.875. The number of rotatable bonds is 4. The molecular weight excluding hydrogens is 659 g/mol. The molecule has 6 heteroatoms. The molecule has 1 aliphatic rings. The van der Waals surface area contributed by atoms with Gasteiger partial charge in [-0.3, -0.25) is 4.90 Å². The van der Waals surface area contributed by atoms with Crippen LogP contribution < -0.4 is 5.32 Å². The van der Waals surface area contributed by atoms with E-state index in [4.69, 9.17) is 13.8 Å². The summed E-state index contributed by atoms with van der Waals surface area (Å²) in [7, 11) is 2.15. The molecule has 0 radical (unpaired) electrons. The molecule has 0 saturated heterocycles. The summed E-state index contributed by atoms with van der Waals surface area (Å²) in [6.07, 6.45) is -0.387. The third kappa shape index (κ3) is 4.41. The summed E-state index contributed by atoms with van der Waals surface area (Å²) in [6, 6.07) is 53.4. The first kappa shape index (κ1) is 29.5. The van der Waals surface area contributed by atoms with E-state index in [1.165, 1.54) is 20.2 Å². The molecule has 3 aromatic heterocycles. The molecule has 0 bridgehead atoms. The highest BCUT2D eigenvalue weighted by Gasteiger charge is 2.33. The number of thiophene rings is 1. The van der Waals surface area contributed by atoms with Gasteiger partial charge in [0.15, 0.2) is 0 Å². The SMILES string of the molecule is CN1C(c2ccccc2)N=C(c2ccc3c(c2)sc2ccccc23)NC1c1cccc2oc3c(-c4cccc5oc6ccccc6c45)cccc3c12. The molecule has 7 aromatic carbocycles. The molecule has 1 aliphatic heterocycles. The molecular formula is C46H31N3O2S. The van der Waals surface area contributed by atoms with Gasteiger partial charge in [0.25, 0.3) is 0 Å². The van der Waals surface area contributed by atoms with Crippen molar-refractivity contribution in [1.29, 1.82) is 0 Å². The van der Waals surface area contributed by atoms with Crippen molar-refractivity contribution in [2.45, 2.75) is 12.3 Å². The normalized spacial score (nSPS) is 16.8. The number of aliphatic imine (C=N–C) groups is 1. The topological polar surface area (TPSA) is 53.9 Å². The second kappa shape index (κ2) is 11.4. The maximum atomic E-state index is 6.84. The number of furan rings is 2. The maximum absolute atomic E-state index is 6.84. The van der Waals surface area contributed by atoms with Crippen LogP contribution >= 0.6 is 11.3 Å². The number of benzene rings is 7. The number of nitrogens with zero attached hydrogens (tertiary/aromatic N) is 2. The number of para-hydroxylation sites is 2. The molecule has 0 amide bonds. The van der Waals surface area contributed by atoms with E-state index in [-0.39, 0.29) is 12.3 Å². The van der Waals surface area contributed by atoms with Gasteiger partial charge in [-0.2, -0.15) is 0 Å². The molecule has 0 fully saturated rings. The molecule has 11 rings (SSSR count). The minimum Gasteiger partial charge on any atom is -0.456 e. The Balaban J connectivity index is 1.09. The first-order valence-corrected chi connectivity index (χ1v) is 18.4. The number of hydrogen-bond acceptors (Lipinski definition) is 6. The third-order valence-electron chi connectivity index (χ3n) is 10.6. The van der Waals surface area contributed by atoms with E-state index in [0.29, 0.717) is 0 Å². The van der Waals surface area contributed by atoms with E-state index < -0.39 is 0 Å². The average molecular weight is 690 g/mol. The highest BCUT2D eigenvalue weighted by atomic mass is 32.1. The van der Waals surface area contributed by atoms with Gasteiger partial charge in [-0.05, 0) is 48.5 Å². The zero-order valence-corrected chi connectivity index (χ0v) is 29.0. The van der Waals surface area contributed by atoms with Crippen molar-refractivity contribution in [3.63, 3.8) is 0 Å². The molecule has 4 heterocycles. The first-order valence-electron chi connectivity index (χ1n) is 17.6. The van der Waals surface area contributed by atoms with Crippen LogP contribution in [0.25, 0.3) is 75.2 Å². The molecule has 10 aromatic rings. The van der Waals surface area contributed by atoms with Crippen molar-refractivity contribution in [2.75, 3.05) is 7.05 Å². The Hall–Kier alpha value is -6.21. The van der Waals surface area contributed by atoms with Crippen LogP contribution in [0.4, 0.5) is 0 Å². The largest absolute Gasteiger partial charge is 0.456 e. The minimum atomic E-state index is -0.198. The quantitative estimate of drug-likeness (QED) is 0.200. The van der Waals surface area contributed by atoms with Crippen LogP contribution in [0.3, 0.4) is 0 Å². The summed E-state index contributed by atoms with van der Waals surface area (Å²) in [6.45, 7) is 0. The van der Waals surface area contributed by atoms with Crippen LogP contribution in [-0.4, -0.2) is 17.8 Å². The van der Waals surface area contributed by atoms with Gasteiger partial charge in [-0.15, -0.1) is 11.3 Å². The van der Waals surface area contributed by atoms with Crippen molar-refractivity contribution < 1.29 is 8.83 Å². The standard InChI is InChI=1S/C46H31N3O2S/c1-49-45(27-12-3-2-4-13-27)47-44(28-24-25-30-29-14-6-8-23-39(29)52-40(30)26-28)48-46(49)35-19-11-22-38-42(35)34-18-9-17-32(43(34)51-38)31-16-10-21-37-41(31)33-15-5-7-20-36(33)50-37/h2-26,45-46H,1H3,(H,47,48). The molecule has 0 aliphatic carbocycles. The van der Waals surface area contributed by atoms with Crippen molar-refractivity contribution in [3.05, 3.63) is 168 Å². The zero-order chi connectivity index (χ0) is 34.3. The minimum absolute atomic E-state index is 0.190. The van der Waals surface area contributed by atoms with Crippen molar-refractivity contribution in [2.24, 2.45) is 4.99 Å². The van der Waals surface area contributed by atoms with E-state index in [2.05, 4.69) is 151 Å². The highest BCUT2D eigenvalue weighted by Crippen LogP contribution is 2.44. The van der Waals surface area contributed by atoms with Crippen molar-refractivity contribution >= 4 is 81.2 Å². The van der Waals surface area contributed by atoms with Gasteiger partial charge in [0.2, 0.25) is 0 Å². The predicted molar refractivity (Wildman–Crippen MR) is 215 cm³/mol. The van der Waals surface area contributed by atoms with E-state index >= 15 is 0 Å². The second-order valence-electron chi connectivity index (χ2n) is 13.6. The van der Waals surface area contributed by atoms with Gasteiger partial charge in [0.05, 0.1) is 0 Å². The smallest absolute Gasteiger partial charge is 0.143 e. The summed E-state index contributed by atoms with van der Waals surface area (Å²) in [4.78, 5) is 7.70. The fourth-order valence-corrected chi connectivity index (χ4v) is 9.35. The lowest BCUT2D eigenvalue weighted by Crippen LogP contribution is -2.46. The number of amidine groups is 1. The summed E-state index contributed by atoms with van der Waals surface area (Å²) in [5, 5.41) is 10.8. The Bertz CT molecular complexity index is 3040. The fourth-order valence-electron chi connectivity index (χ4n) is 8.20. The molecule has 52 heavy (non-hydrogen) atoms. The Kier molecular flexibility index (Phi) is 6.47. The van der Waals surface area contributed by atoms with Crippen LogP contribution in [0, 0.1) is 0 Å². The predicted octanol–water partition coefficient (Wildman–Crippen LogP) is 12.2. The van der Waals surface area contributed by atoms with Gasteiger partial charge in [0.1, 0.15) is 40.5 Å². The van der Waals surface area contributed by atoms with Gasteiger partial charge in [0, 0.05) is 58.4 Å². The van der Waals surface area contributed by atoms with Gasteiger partial charge in [-0.1, -0.05) is 121 Å². The van der Waals surface area contributed by atoms with Gasteiger partial charge in [-0.25, -0.2) is 4.99 Å².